The van der Waals surface area contributed by atoms with Crippen LogP contribution in [0, 0.1) is 13.8 Å². The number of aromatic nitrogens is 2. The molecule has 0 spiro atoms. The van der Waals surface area contributed by atoms with Gasteiger partial charge >= 0.3 is 0 Å². The SMILES string of the molecule is Cc1cc(C)n(CC(=O)N(CC2CCCCN2)C(C)C)n1. The van der Waals surface area contributed by atoms with E-state index >= 15 is 0 Å². The highest BCUT2D eigenvalue weighted by atomic mass is 16.2. The molecule has 1 aliphatic heterocycles. The van der Waals surface area contributed by atoms with Crippen LogP contribution in [-0.4, -0.2) is 45.8 Å². The summed E-state index contributed by atoms with van der Waals surface area (Å²) < 4.78 is 1.81. The van der Waals surface area contributed by atoms with Crippen molar-refractivity contribution in [3.8, 4) is 0 Å². The number of nitrogens with zero attached hydrogens (tertiary/aromatic N) is 3. The Morgan fingerprint density at radius 2 is 2.24 bits per heavy atom. The van der Waals surface area contributed by atoms with Gasteiger partial charge in [0.2, 0.25) is 5.91 Å². The summed E-state index contributed by atoms with van der Waals surface area (Å²) in [7, 11) is 0. The molecule has 21 heavy (non-hydrogen) atoms. The molecule has 0 aliphatic carbocycles. The average molecular weight is 292 g/mol. The van der Waals surface area contributed by atoms with Crippen LogP contribution < -0.4 is 5.32 Å². The Balaban J connectivity index is 1.99. The van der Waals surface area contributed by atoms with Gasteiger partial charge < -0.3 is 10.2 Å². The van der Waals surface area contributed by atoms with Crippen LogP contribution in [0.15, 0.2) is 6.07 Å². The van der Waals surface area contributed by atoms with Crippen LogP contribution in [0.2, 0.25) is 0 Å². The summed E-state index contributed by atoms with van der Waals surface area (Å²) in [5, 5.41) is 7.91. The van der Waals surface area contributed by atoms with Crippen molar-refractivity contribution >= 4 is 5.91 Å². The first-order chi connectivity index (χ1) is 9.97. The number of amides is 1. The van der Waals surface area contributed by atoms with Crippen molar-refractivity contribution in [2.24, 2.45) is 0 Å². The summed E-state index contributed by atoms with van der Waals surface area (Å²) >= 11 is 0. The highest BCUT2D eigenvalue weighted by molar-refractivity contribution is 5.76. The second-order valence-electron chi connectivity index (χ2n) is 6.37. The van der Waals surface area contributed by atoms with E-state index in [4.69, 9.17) is 0 Å². The molecule has 0 radical (unpaired) electrons. The van der Waals surface area contributed by atoms with Gasteiger partial charge in [0, 0.05) is 24.3 Å². The highest BCUT2D eigenvalue weighted by Crippen LogP contribution is 2.12. The van der Waals surface area contributed by atoms with Crippen LogP contribution in [0.3, 0.4) is 0 Å². The molecule has 1 aliphatic rings. The predicted molar refractivity (Wildman–Crippen MR) is 84.2 cm³/mol. The molecule has 5 nitrogen and oxygen atoms in total. The monoisotopic (exact) mass is 292 g/mol. The van der Waals surface area contributed by atoms with Gasteiger partial charge in [0.25, 0.3) is 0 Å². The number of hydrogen-bond acceptors (Lipinski definition) is 3. The van der Waals surface area contributed by atoms with Gasteiger partial charge in [-0.2, -0.15) is 5.10 Å². The molecule has 2 rings (SSSR count). The van der Waals surface area contributed by atoms with Gasteiger partial charge in [-0.3, -0.25) is 9.48 Å². The fourth-order valence-electron chi connectivity index (χ4n) is 2.97. The van der Waals surface area contributed by atoms with Crippen molar-refractivity contribution in [1.82, 2.24) is 20.0 Å². The number of hydrogen-bond donors (Lipinski definition) is 1. The fraction of sp³-hybridized carbons (Fsp3) is 0.750. The minimum Gasteiger partial charge on any atom is -0.337 e. The van der Waals surface area contributed by atoms with Crippen molar-refractivity contribution in [2.75, 3.05) is 13.1 Å². The van der Waals surface area contributed by atoms with Gasteiger partial charge in [0.1, 0.15) is 6.54 Å². The van der Waals surface area contributed by atoms with E-state index in [1.807, 2.05) is 24.8 Å². The lowest BCUT2D eigenvalue weighted by Gasteiger charge is -2.33. The van der Waals surface area contributed by atoms with Crippen molar-refractivity contribution in [2.45, 2.75) is 65.6 Å². The van der Waals surface area contributed by atoms with Gasteiger partial charge in [0.05, 0.1) is 5.69 Å². The maximum atomic E-state index is 12.6. The Hall–Kier alpha value is -1.36. The number of rotatable bonds is 5. The van der Waals surface area contributed by atoms with Crippen molar-refractivity contribution in [3.63, 3.8) is 0 Å². The first kappa shape index (κ1) is 16.0. The first-order valence-electron chi connectivity index (χ1n) is 8.01. The molecule has 0 aromatic carbocycles. The number of carbonyl (C=O) groups is 1. The third-order valence-corrected chi connectivity index (χ3v) is 4.16. The normalized spacial score (nSPS) is 19.0. The van der Waals surface area contributed by atoms with Crippen LogP contribution in [0.1, 0.15) is 44.5 Å². The Labute approximate surface area is 127 Å². The molecule has 1 unspecified atom stereocenters. The molecular weight excluding hydrogens is 264 g/mol. The lowest BCUT2D eigenvalue weighted by molar-refractivity contribution is -0.134. The third-order valence-electron chi connectivity index (χ3n) is 4.16. The molecule has 118 valence electrons. The van der Waals surface area contributed by atoms with E-state index in [2.05, 4.69) is 24.3 Å². The molecule has 1 aromatic rings. The van der Waals surface area contributed by atoms with Gasteiger partial charge in [-0.05, 0) is 53.1 Å². The predicted octanol–water partition coefficient (Wildman–Crippen LogP) is 1.88. The second kappa shape index (κ2) is 7.07. The summed E-state index contributed by atoms with van der Waals surface area (Å²) in [6.45, 7) is 10.3. The van der Waals surface area contributed by atoms with E-state index in [-0.39, 0.29) is 11.9 Å². The van der Waals surface area contributed by atoms with Gasteiger partial charge in [-0.1, -0.05) is 6.42 Å². The minimum absolute atomic E-state index is 0.156. The third kappa shape index (κ3) is 4.30. The van der Waals surface area contributed by atoms with E-state index in [1.54, 1.807) is 4.68 Å². The van der Waals surface area contributed by atoms with Crippen molar-refractivity contribution < 1.29 is 4.79 Å². The molecular formula is C16H28N4O. The number of piperidine rings is 1. The Bertz CT molecular complexity index is 475. The van der Waals surface area contributed by atoms with Crippen LogP contribution in [-0.2, 0) is 11.3 Å². The van der Waals surface area contributed by atoms with Gasteiger partial charge in [0.15, 0.2) is 0 Å². The van der Waals surface area contributed by atoms with Gasteiger partial charge in [-0.15, -0.1) is 0 Å². The van der Waals surface area contributed by atoms with E-state index in [9.17, 15) is 4.79 Å². The quantitative estimate of drug-likeness (QED) is 0.901. The summed E-state index contributed by atoms with van der Waals surface area (Å²) in [6.07, 6.45) is 3.67. The molecule has 1 N–H and O–H groups in total. The standard InChI is InChI=1S/C16H28N4O/c1-12(2)19(10-15-7-5-6-8-17-15)16(21)11-20-14(4)9-13(3)18-20/h9,12,15,17H,5-8,10-11H2,1-4H3. The Morgan fingerprint density at radius 1 is 1.48 bits per heavy atom. The number of nitrogens with one attached hydrogen (secondary N) is 1. The lowest BCUT2D eigenvalue weighted by Crippen LogP contribution is -2.49. The van der Waals surface area contributed by atoms with E-state index < -0.39 is 0 Å². The summed E-state index contributed by atoms with van der Waals surface area (Å²) in [6, 6.07) is 2.67. The van der Waals surface area contributed by atoms with Crippen molar-refractivity contribution in [3.05, 3.63) is 17.5 Å². The maximum Gasteiger partial charge on any atom is 0.244 e. The fourth-order valence-corrected chi connectivity index (χ4v) is 2.97. The highest BCUT2D eigenvalue weighted by Gasteiger charge is 2.23. The molecule has 1 aromatic heterocycles. The van der Waals surface area contributed by atoms with Crippen LogP contribution in [0.4, 0.5) is 0 Å². The average Bonchev–Trinajstić information content (AvgIpc) is 2.75. The summed E-state index contributed by atoms with van der Waals surface area (Å²) in [5.74, 6) is 0.156. The first-order valence-corrected chi connectivity index (χ1v) is 8.01. The summed E-state index contributed by atoms with van der Waals surface area (Å²) in [4.78, 5) is 14.6. The molecule has 0 bridgehead atoms. The zero-order valence-corrected chi connectivity index (χ0v) is 13.7. The zero-order valence-electron chi connectivity index (χ0n) is 13.7. The Kier molecular flexibility index (Phi) is 5.39. The Morgan fingerprint density at radius 3 is 2.76 bits per heavy atom. The van der Waals surface area contributed by atoms with Crippen LogP contribution in [0.25, 0.3) is 0 Å². The summed E-state index contributed by atoms with van der Waals surface area (Å²) in [5.41, 5.74) is 2.01. The van der Waals surface area contributed by atoms with E-state index in [0.717, 1.165) is 30.9 Å². The molecule has 1 atom stereocenters. The maximum absolute atomic E-state index is 12.6. The second-order valence-corrected chi connectivity index (χ2v) is 6.37. The van der Waals surface area contributed by atoms with Crippen LogP contribution >= 0.6 is 0 Å². The number of aryl methyl sites for hydroxylation is 2. The van der Waals surface area contributed by atoms with Crippen molar-refractivity contribution in [1.29, 1.82) is 0 Å². The van der Waals surface area contributed by atoms with E-state index in [1.165, 1.54) is 12.8 Å². The van der Waals surface area contributed by atoms with E-state index in [0.29, 0.717) is 12.6 Å². The minimum atomic E-state index is 0.156. The lowest BCUT2D eigenvalue weighted by atomic mass is 10.0. The largest absolute Gasteiger partial charge is 0.337 e. The molecule has 1 saturated heterocycles. The van der Waals surface area contributed by atoms with Crippen LogP contribution in [0.5, 0.6) is 0 Å². The molecule has 0 saturated carbocycles. The molecule has 2 heterocycles. The zero-order chi connectivity index (χ0) is 15.4. The van der Waals surface area contributed by atoms with Gasteiger partial charge in [-0.25, -0.2) is 0 Å². The molecule has 1 amide bonds. The molecule has 5 heteroatoms. The number of carbonyl (C=O) groups excluding carboxylic acids is 1. The topological polar surface area (TPSA) is 50.2 Å². The molecule has 1 fully saturated rings. The smallest absolute Gasteiger partial charge is 0.244 e.